The minimum Gasteiger partial charge on any atom is -0.345 e. The molecule has 2 rings (SSSR count). The average Bonchev–Trinajstić information content (AvgIpc) is 2.82. The Balaban J connectivity index is 1.84. The third kappa shape index (κ3) is 3.07. The Morgan fingerprint density at radius 1 is 1.50 bits per heavy atom. The highest BCUT2D eigenvalue weighted by Gasteiger charge is 2.31. The molecule has 2 atom stereocenters. The second-order valence-electron chi connectivity index (χ2n) is 5.07. The van der Waals surface area contributed by atoms with Gasteiger partial charge in [0, 0.05) is 38.4 Å². The van der Waals surface area contributed by atoms with Crippen molar-refractivity contribution < 1.29 is 4.79 Å². The number of nitrogens with one attached hydrogen (secondary N) is 1. The maximum Gasteiger partial charge on any atom is 0.227 e. The van der Waals surface area contributed by atoms with E-state index < -0.39 is 0 Å². The van der Waals surface area contributed by atoms with E-state index >= 15 is 0 Å². The van der Waals surface area contributed by atoms with Crippen molar-refractivity contribution in [3.8, 4) is 0 Å². The third-order valence-corrected chi connectivity index (χ3v) is 3.64. The van der Waals surface area contributed by atoms with Crippen LogP contribution in [0.15, 0.2) is 24.4 Å². The fourth-order valence-corrected chi connectivity index (χ4v) is 2.36. The number of likely N-dealkylation sites (N-methyl/N-ethyl adjacent to an activating group) is 1. The lowest BCUT2D eigenvalue weighted by Crippen LogP contribution is -2.37. The summed E-state index contributed by atoms with van der Waals surface area (Å²) >= 11 is 0. The molecule has 1 N–H and O–H groups in total. The number of carbonyl (C=O) groups excluding carboxylic acids is 1. The van der Waals surface area contributed by atoms with Crippen LogP contribution in [0, 0.1) is 11.8 Å². The molecule has 0 aromatic carbocycles. The van der Waals surface area contributed by atoms with Gasteiger partial charge >= 0.3 is 0 Å². The molecule has 98 valence electrons. The van der Waals surface area contributed by atoms with Gasteiger partial charge in [-0.05, 0) is 24.6 Å². The zero-order valence-electron chi connectivity index (χ0n) is 11.1. The molecule has 2 heterocycles. The molecule has 0 saturated carbocycles. The molecule has 1 aromatic rings. The first-order valence-corrected chi connectivity index (χ1v) is 6.54. The van der Waals surface area contributed by atoms with Crippen LogP contribution in [0.4, 0.5) is 0 Å². The molecule has 0 spiro atoms. The number of carbonyl (C=O) groups is 1. The normalized spacial score (nSPS) is 23.0. The van der Waals surface area contributed by atoms with Crippen LogP contribution in [0.25, 0.3) is 0 Å². The maximum absolute atomic E-state index is 12.2. The Kier molecular flexibility index (Phi) is 4.31. The Hall–Kier alpha value is -1.42. The summed E-state index contributed by atoms with van der Waals surface area (Å²) in [5, 5.41) is 3.27. The van der Waals surface area contributed by atoms with Crippen LogP contribution in [0.5, 0.6) is 0 Å². The second kappa shape index (κ2) is 5.96. The molecule has 4 nitrogen and oxygen atoms in total. The van der Waals surface area contributed by atoms with Crippen molar-refractivity contribution >= 4 is 5.91 Å². The number of rotatable bonds is 4. The number of amides is 1. The van der Waals surface area contributed by atoms with E-state index in [9.17, 15) is 4.79 Å². The first-order chi connectivity index (χ1) is 8.68. The molecule has 0 aliphatic carbocycles. The molecule has 1 aromatic heterocycles. The standard InChI is InChI=1S/C14H21N3O/c1-11-9-15-10-13(11)14(18)17(2)8-6-12-5-3-4-7-16-12/h3-5,7,11,13,15H,6,8-10H2,1-2H3/t11-,13-/m1/s1. The molecule has 0 bridgehead atoms. The highest BCUT2D eigenvalue weighted by molar-refractivity contribution is 5.79. The van der Waals surface area contributed by atoms with Crippen molar-refractivity contribution in [2.75, 3.05) is 26.7 Å². The fraction of sp³-hybridized carbons (Fsp3) is 0.571. The topological polar surface area (TPSA) is 45.2 Å². The molecule has 1 saturated heterocycles. The van der Waals surface area contributed by atoms with Gasteiger partial charge in [-0.3, -0.25) is 9.78 Å². The Labute approximate surface area is 108 Å². The number of hydrogen-bond acceptors (Lipinski definition) is 3. The van der Waals surface area contributed by atoms with Gasteiger partial charge < -0.3 is 10.2 Å². The lowest BCUT2D eigenvalue weighted by atomic mass is 9.97. The molecule has 0 unspecified atom stereocenters. The van der Waals surface area contributed by atoms with E-state index in [1.807, 2.05) is 30.1 Å². The minimum absolute atomic E-state index is 0.138. The van der Waals surface area contributed by atoms with Crippen LogP contribution < -0.4 is 5.32 Å². The van der Waals surface area contributed by atoms with Crippen molar-refractivity contribution in [2.45, 2.75) is 13.3 Å². The largest absolute Gasteiger partial charge is 0.345 e. The number of aromatic nitrogens is 1. The fourth-order valence-electron chi connectivity index (χ4n) is 2.36. The van der Waals surface area contributed by atoms with Gasteiger partial charge in [-0.1, -0.05) is 13.0 Å². The van der Waals surface area contributed by atoms with Crippen molar-refractivity contribution in [1.82, 2.24) is 15.2 Å². The zero-order valence-corrected chi connectivity index (χ0v) is 11.1. The summed E-state index contributed by atoms with van der Waals surface area (Å²) in [5.74, 6) is 0.831. The highest BCUT2D eigenvalue weighted by Crippen LogP contribution is 2.18. The molecule has 1 aliphatic rings. The van der Waals surface area contributed by atoms with Crippen molar-refractivity contribution in [1.29, 1.82) is 0 Å². The molecule has 18 heavy (non-hydrogen) atoms. The zero-order chi connectivity index (χ0) is 13.0. The summed E-state index contributed by atoms with van der Waals surface area (Å²) in [7, 11) is 1.89. The molecule has 1 amide bonds. The molecule has 4 heteroatoms. The summed E-state index contributed by atoms with van der Waals surface area (Å²) in [6, 6.07) is 5.88. The quantitative estimate of drug-likeness (QED) is 0.861. The van der Waals surface area contributed by atoms with Crippen LogP contribution in [0.3, 0.4) is 0 Å². The van der Waals surface area contributed by atoms with Crippen LogP contribution in [-0.2, 0) is 11.2 Å². The van der Waals surface area contributed by atoms with Gasteiger partial charge in [0.25, 0.3) is 0 Å². The Morgan fingerprint density at radius 2 is 2.33 bits per heavy atom. The summed E-state index contributed by atoms with van der Waals surface area (Å²) < 4.78 is 0. The molecule has 1 fully saturated rings. The van der Waals surface area contributed by atoms with Gasteiger partial charge in [-0.15, -0.1) is 0 Å². The summed E-state index contributed by atoms with van der Waals surface area (Å²) in [5.41, 5.74) is 1.04. The Morgan fingerprint density at radius 3 is 2.94 bits per heavy atom. The first-order valence-electron chi connectivity index (χ1n) is 6.54. The van der Waals surface area contributed by atoms with E-state index in [0.717, 1.165) is 31.7 Å². The van der Waals surface area contributed by atoms with E-state index in [2.05, 4.69) is 17.2 Å². The smallest absolute Gasteiger partial charge is 0.227 e. The van der Waals surface area contributed by atoms with E-state index in [1.54, 1.807) is 6.20 Å². The van der Waals surface area contributed by atoms with Crippen LogP contribution >= 0.6 is 0 Å². The van der Waals surface area contributed by atoms with E-state index in [0.29, 0.717) is 5.92 Å². The average molecular weight is 247 g/mol. The second-order valence-corrected chi connectivity index (χ2v) is 5.07. The van der Waals surface area contributed by atoms with E-state index in [-0.39, 0.29) is 11.8 Å². The molecular formula is C14H21N3O. The van der Waals surface area contributed by atoms with Crippen molar-refractivity contribution in [3.05, 3.63) is 30.1 Å². The number of hydrogen-bond donors (Lipinski definition) is 1. The van der Waals surface area contributed by atoms with Crippen LogP contribution in [-0.4, -0.2) is 42.5 Å². The minimum atomic E-state index is 0.138. The highest BCUT2D eigenvalue weighted by atomic mass is 16.2. The van der Waals surface area contributed by atoms with Gasteiger partial charge in [-0.25, -0.2) is 0 Å². The van der Waals surface area contributed by atoms with Crippen molar-refractivity contribution in [2.24, 2.45) is 11.8 Å². The van der Waals surface area contributed by atoms with E-state index in [1.165, 1.54) is 0 Å². The first kappa shape index (κ1) is 13.0. The van der Waals surface area contributed by atoms with Gasteiger partial charge in [-0.2, -0.15) is 0 Å². The molecule has 1 aliphatic heterocycles. The van der Waals surface area contributed by atoms with Gasteiger partial charge in [0.05, 0.1) is 5.92 Å². The third-order valence-electron chi connectivity index (χ3n) is 3.64. The van der Waals surface area contributed by atoms with Crippen LogP contribution in [0.2, 0.25) is 0 Å². The predicted octanol–water partition coefficient (Wildman–Crippen LogP) is 0.938. The lowest BCUT2D eigenvalue weighted by molar-refractivity contribution is -0.134. The number of nitrogens with zero attached hydrogens (tertiary/aromatic N) is 2. The Bertz CT molecular complexity index is 393. The van der Waals surface area contributed by atoms with Crippen LogP contribution in [0.1, 0.15) is 12.6 Å². The number of pyridine rings is 1. The summed E-state index contributed by atoms with van der Waals surface area (Å²) in [4.78, 5) is 18.4. The maximum atomic E-state index is 12.2. The predicted molar refractivity (Wildman–Crippen MR) is 71.1 cm³/mol. The summed E-state index contributed by atoms with van der Waals surface area (Å²) in [6.07, 6.45) is 2.61. The van der Waals surface area contributed by atoms with E-state index in [4.69, 9.17) is 0 Å². The van der Waals surface area contributed by atoms with Gasteiger partial charge in [0.2, 0.25) is 5.91 Å². The monoisotopic (exact) mass is 247 g/mol. The molecule has 0 radical (unpaired) electrons. The van der Waals surface area contributed by atoms with Crippen molar-refractivity contribution in [3.63, 3.8) is 0 Å². The van der Waals surface area contributed by atoms with Gasteiger partial charge in [0.1, 0.15) is 0 Å². The summed E-state index contributed by atoms with van der Waals surface area (Å²) in [6.45, 7) is 4.63. The SMILES string of the molecule is C[C@@H]1CNC[C@H]1C(=O)N(C)CCc1ccccn1. The molecular weight excluding hydrogens is 226 g/mol. The van der Waals surface area contributed by atoms with Gasteiger partial charge in [0.15, 0.2) is 0 Å². The lowest BCUT2D eigenvalue weighted by Gasteiger charge is -2.22.